The van der Waals surface area contributed by atoms with Crippen molar-refractivity contribution in [3.05, 3.63) is 72.1 Å². The molecule has 1 fully saturated rings. The maximum absolute atomic E-state index is 12.7. The SMILES string of the molecule is Cc1cccc(-c2cnc(Nc3cccc(C(=O)NC4CCCCCC4)c3)nc2)c1. The number of hydrogen-bond acceptors (Lipinski definition) is 4. The summed E-state index contributed by atoms with van der Waals surface area (Å²) in [6.07, 6.45) is 10.7. The van der Waals surface area contributed by atoms with Crippen LogP contribution in [0.25, 0.3) is 11.1 Å². The number of anilines is 2. The molecule has 4 rings (SSSR count). The highest BCUT2D eigenvalue weighted by molar-refractivity contribution is 5.95. The molecule has 1 heterocycles. The predicted molar refractivity (Wildman–Crippen MR) is 121 cm³/mol. The fourth-order valence-corrected chi connectivity index (χ4v) is 3.93. The van der Waals surface area contributed by atoms with Gasteiger partial charge >= 0.3 is 0 Å². The third kappa shape index (κ3) is 5.23. The number of carbonyl (C=O) groups is 1. The molecule has 2 aromatic carbocycles. The smallest absolute Gasteiger partial charge is 0.251 e. The van der Waals surface area contributed by atoms with Gasteiger partial charge in [-0.2, -0.15) is 0 Å². The highest BCUT2D eigenvalue weighted by Crippen LogP contribution is 2.21. The summed E-state index contributed by atoms with van der Waals surface area (Å²) in [5, 5.41) is 6.40. The molecule has 0 radical (unpaired) electrons. The van der Waals surface area contributed by atoms with Gasteiger partial charge in [0.25, 0.3) is 5.91 Å². The Hall–Kier alpha value is -3.21. The second kappa shape index (κ2) is 9.53. The minimum absolute atomic E-state index is 0.0127. The second-order valence-electron chi connectivity index (χ2n) is 8.03. The molecule has 1 saturated carbocycles. The Labute approximate surface area is 178 Å². The van der Waals surface area contributed by atoms with Gasteiger partial charge in [0.05, 0.1) is 0 Å². The zero-order valence-electron chi connectivity index (χ0n) is 17.4. The van der Waals surface area contributed by atoms with Gasteiger partial charge in [-0.25, -0.2) is 9.97 Å². The molecule has 2 N–H and O–H groups in total. The third-order valence-corrected chi connectivity index (χ3v) is 5.57. The van der Waals surface area contributed by atoms with E-state index in [0.717, 1.165) is 29.7 Å². The number of hydrogen-bond donors (Lipinski definition) is 2. The summed E-state index contributed by atoms with van der Waals surface area (Å²) in [4.78, 5) is 21.6. The van der Waals surface area contributed by atoms with Crippen molar-refractivity contribution < 1.29 is 4.79 Å². The molecular weight excluding hydrogens is 372 g/mol. The molecule has 3 aromatic rings. The van der Waals surface area contributed by atoms with Crippen LogP contribution in [0.3, 0.4) is 0 Å². The molecular formula is C25H28N4O. The molecule has 1 amide bonds. The van der Waals surface area contributed by atoms with Crippen molar-refractivity contribution in [3.63, 3.8) is 0 Å². The Balaban J connectivity index is 1.42. The molecule has 1 aliphatic rings. The first kappa shape index (κ1) is 20.1. The number of aromatic nitrogens is 2. The van der Waals surface area contributed by atoms with Crippen LogP contribution in [0, 0.1) is 6.92 Å². The minimum atomic E-state index is -0.0127. The lowest BCUT2D eigenvalue weighted by molar-refractivity contribution is 0.0933. The molecule has 1 aromatic heterocycles. The van der Waals surface area contributed by atoms with Crippen LogP contribution in [0.5, 0.6) is 0 Å². The lowest BCUT2D eigenvalue weighted by Gasteiger charge is -2.16. The molecule has 0 aliphatic heterocycles. The molecule has 30 heavy (non-hydrogen) atoms. The lowest BCUT2D eigenvalue weighted by atomic mass is 10.1. The van der Waals surface area contributed by atoms with Crippen molar-refractivity contribution in [1.29, 1.82) is 0 Å². The number of benzene rings is 2. The van der Waals surface area contributed by atoms with Gasteiger partial charge in [0.15, 0.2) is 0 Å². The van der Waals surface area contributed by atoms with E-state index in [9.17, 15) is 4.79 Å². The molecule has 0 saturated heterocycles. The first-order valence-corrected chi connectivity index (χ1v) is 10.7. The van der Waals surface area contributed by atoms with E-state index in [2.05, 4.69) is 45.7 Å². The molecule has 5 heteroatoms. The fraction of sp³-hybridized carbons (Fsp3) is 0.320. The van der Waals surface area contributed by atoms with Crippen molar-refractivity contribution in [2.24, 2.45) is 0 Å². The average molecular weight is 401 g/mol. The van der Waals surface area contributed by atoms with Crippen LogP contribution in [-0.2, 0) is 0 Å². The van der Waals surface area contributed by atoms with E-state index in [1.807, 2.05) is 42.7 Å². The molecule has 0 unspecified atom stereocenters. The van der Waals surface area contributed by atoms with Crippen molar-refractivity contribution in [3.8, 4) is 11.1 Å². The molecule has 154 valence electrons. The minimum Gasteiger partial charge on any atom is -0.349 e. The van der Waals surface area contributed by atoms with E-state index in [1.165, 1.54) is 31.2 Å². The van der Waals surface area contributed by atoms with Crippen LogP contribution < -0.4 is 10.6 Å². The third-order valence-electron chi connectivity index (χ3n) is 5.57. The summed E-state index contributed by atoms with van der Waals surface area (Å²) >= 11 is 0. The summed E-state index contributed by atoms with van der Waals surface area (Å²) < 4.78 is 0. The average Bonchev–Trinajstić information content (AvgIpc) is 3.03. The summed E-state index contributed by atoms with van der Waals surface area (Å²) in [6, 6.07) is 16.0. The Morgan fingerprint density at radius 2 is 1.63 bits per heavy atom. The zero-order chi connectivity index (χ0) is 20.8. The maximum Gasteiger partial charge on any atom is 0.251 e. The number of rotatable bonds is 5. The molecule has 5 nitrogen and oxygen atoms in total. The van der Waals surface area contributed by atoms with Gasteiger partial charge in [0, 0.05) is 35.2 Å². The van der Waals surface area contributed by atoms with Gasteiger partial charge in [-0.05, 0) is 43.5 Å². The fourth-order valence-electron chi connectivity index (χ4n) is 3.93. The topological polar surface area (TPSA) is 66.9 Å². The van der Waals surface area contributed by atoms with E-state index < -0.39 is 0 Å². The highest BCUT2D eigenvalue weighted by atomic mass is 16.1. The van der Waals surface area contributed by atoms with Crippen molar-refractivity contribution in [1.82, 2.24) is 15.3 Å². The van der Waals surface area contributed by atoms with Gasteiger partial charge < -0.3 is 10.6 Å². The Morgan fingerprint density at radius 1 is 0.900 bits per heavy atom. The molecule has 0 atom stereocenters. The van der Waals surface area contributed by atoms with Crippen LogP contribution in [0.1, 0.15) is 54.4 Å². The largest absolute Gasteiger partial charge is 0.349 e. The standard InChI is InChI=1S/C25H28N4O/c1-18-8-6-9-19(14-18)21-16-26-25(27-17-21)29-23-13-7-10-20(15-23)24(30)28-22-11-4-2-3-5-12-22/h6-10,13-17,22H,2-5,11-12H2,1H3,(H,28,30)(H,26,27,29). The number of aryl methyl sites for hydroxylation is 1. The quantitative estimate of drug-likeness (QED) is 0.543. The number of nitrogens with one attached hydrogen (secondary N) is 2. The van der Waals surface area contributed by atoms with Gasteiger partial charge in [-0.15, -0.1) is 0 Å². The Bertz CT molecular complexity index is 992. The molecule has 0 spiro atoms. The Morgan fingerprint density at radius 3 is 2.37 bits per heavy atom. The van der Waals surface area contributed by atoms with Gasteiger partial charge in [0.2, 0.25) is 5.95 Å². The summed E-state index contributed by atoms with van der Waals surface area (Å²) in [5.41, 5.74) is 4.72. The normalized spacial score (nSPS) is 14.7. The highest BCUT2D eigenvalue weighted by Gasteiger charge is 2.16. The van der Waals surface area contributed by atoms with Crippen LogP contribution in [-0.4, -0.2) is 21.9 Å². The summed E-state index contributed by atoms with van der Waals surface area (Å²) in [7, 11) is 0. The van der Waals surface area contributed by atoms with E-state index >= 15 is 0 Å². The number of nitrogens with zero attached hydrogens (tertiary/aromatic N) is 2. The van der Waals surface area contributed by atoms with Crippen molar-refractivity contribution in [2.75, 3.05) is 5.32 Å². The lowest BCUT2D eigenvalue weighted by Crippen LogP contribution is -2.34. The predicted octanol–water partition coefficient (Wildman–Crippen LogP) is 5.65. The van der Waals surface area contributed by atoms with Crippen LogP contribution >= 0.6 is 0 Å². The van der Waals surface area contributed by atoms with E-state index in [1.54, 1.807) is 0 Å². The molecule has 0 bridgehead atoms. The van der Waals surface area contributed by atoms with E-state index in [4.69, 9.17) is 0 Å². The monoisotopic (exact) mass is 400 g/mol. The first-order chi connectivity index (χ1) is 14.7. The first-order valence-electron chi connectivity index (χ1n) is 10.7. The van der Waals surface area contributed by atoms with Gasteiger partial charge in [-0.1, -0.05) is 61.6 Å². The van der Waals surface area contributed by atoms with E-state index in [-0.39, 0.29) is 11.9 Å². The van der Waals surface area contributed by atoms with E-state index in [0.29, 0.717) is 11.5 Å². The van der Waals surface area contributed by atoms with Crippen LogP contribution in [0.4, 0.5) is 11.6 Å². The summed E-state index contributed by atoms with van der Waals surface area (Å²) in [5.74, 6) is 0.494. The molecule has 1 aliphatic carbocycles. The second-order valence-corrected chi connectivity index (χ2v) is 8.03. The van der Waals surface area contributed by atoms with Crippen molar-refractivity contribution in [2.45, 2.75) is 51.5 Å². The van der Waals surface area contributed by atoms with Crippen LogP contribution in [0.15, 0.2) is 60.9 Å². The Kier molecular flexibility index (Phi) is 6.38. The zero-order valence-corrected chi connectivity index (χ0v) is 17.4. The summed E-state index contributed by atoms with van der Waals surface area (Å²) in [6.45, 7) is 2.07. The number of carbonyl (C=O) groups excluding carboxylic acids is 1. The van der Waals surface area contributed by atoms with Gasteiger partial charge in [0.1, 0.15) is 0 Å². The van der Waals surface area contributed by atoms with Crippen molar-refractivity contribution >= 4 is 17.5 Å². The van der Waals surface area contributed by atoms with Gasteiger partial charge in [-0.3, -0.25) is 4.79 Å². The van der Waals surface area contributed by atoms with Crippen LogP contribution in [0.2, 0.25) is 0 Å². The number of amides is 1. The maximum atomic E-state index is 12.7.